The molecular formula is C111H92N2O4Si3. The largest absolute Gasteiger partial charge is 0.456 e. The van der Waals surface area contributed by atoms with Crippen molar-refractivity contribution in [3.05, 3.63) is 464 Å². The summed E-state index contributed by atoms with van der Waals surface area (Å²) in [5, 5.41) is 40.4. The van der Waals surface area contributed by atoms with E-state index >= 15 is 0 Å². The molecule has 582 valence electrons. The van der Waals surface area contributed by atoms with Gasteiger partial charge in [0, 0.05) is 43.1 Å². The van der Waals surface area contributed by atoms with Gasteiger partial charge >= 0.3 is 0 Å². The summed E-state index contributed by atoms with van der Waals surface area (Å²) in [6.45, 7) is 15.5. The zero-order valence-electron chi connectivity index (χ0n) is 68.5. The molecule has 0 spiro atoms. The number of hydrogen-bond donors (Lipinski definition) is 0. The highest BCUT2D eigenvalue weighted by Crippen LogP contribution is 2.34. The Morgan fingerprint density at radius 1 is 0.200 bits per heavy atom. The third-order valence-corrected chi connectivity index (χ3v) is 36.3. The van der Waals surface area contributed by atoms with E-state index in [1.54, 1.807) is 0 Å². The Labute approximate surface area is 705 Å². The highest BCUT2D eigenvalue weighted by molar-refractivity contribution is 7.12. The van der Waals surface area contributed by atoms with Crippen LogP contribution in [0.1, 0.15) is 33.4 Å². The number of aryl methyl sites for hydroxylation is 4. The minimum absolute atomic E-state index is 0.709. The molecule has 17 aromatic carbocycles. The van der Waals surface area contributed by atoms with E-state index in [0.29, 0.717) is 5.56 Å². The molecule has 21 aromatic rings. The topological polar surface area (TPSA) is 100 Å². The molecule has 0 aliphatic carbocycles. The van der Waals surface area contributed by atoms with Crippen molar-refractivity contribution in [1.29, 1.82) is 10.5 Å². The van der Waals surface area contributed by atoms with E-state index in [2.05, 4.69) is 369 Å². The standard InChI is InChI=1S/2C20H17NSi.C19H18Si.4C13H10O/c1-22(18-10-4-2-5-11-18,19-12-6-3-7-13-19)20-14-8-9-17(15-20)16-21;1-22(18-8-4-2-5-9-18,19-10-6-3-7-11-19)20-14-12-17(16-21)13-15-20;1-20(17-11-5-2-6-12-17,18-13-7-3-8-14-18)19-15-9-4-10-16-19;1-9-5-4-7-11-10-6-2-3-8-12(10)14-13(9)11;1-9-5-4-8-12-13(9)10-6-2-3-7-11(10)14-12;1-9-6-7-13-11(8-9)10-4-2-3-5-12(10)14-13;1-9-6-7-11-10-4-2-3-5-12(10)14-13(11)8-9/h2*2-15H,1H3;2-16H,1H3;4*2-8H,1H3. The van der Waals surface area contributed by atoms with Gasteiger partial charge in [-0.25, -0.2) is 0 Å². The average Bonchev–Trinajstić information content (AvgIpc) is 1.48. The van der Waals surface area contributed by atoms with Crippen molar-refractivity contribution in [1.82, 2.24) is 0 Å². The predicted octanol–water partition coefficient (Wildman–Crippen LogP) is 23.7. The van der Waals surface area contributed by atoms with Gasteiger partial charge in [0.15, 0.2) is 0 Å². The van der Waals surface area contributed by atoms with E-state index in [0.717, 1.165) is 50.2 Å². The number of fused-ring (bicyclic) bond motifs is 12. The molecule has 0 saturated heterocycles. The molecule has 0 atom stereocenters. The van der Waals surface area contributed by atoms with Crippen LogP contribution in [0, 0.1) is 50.4 Å². The van der Waals surface area contributed by atoms with Crippen LogP contribution in [-0.2, 0) is 0 Å². The van der Waals surface area contributed by atoms with Gasteiger partial charge in [-0.3, -0.25) is 0 Å². The molecule has 0 bridgehead atoms. The van der Waals surface area contributed by atoms with Crippen molar-refractivity contribution in [2.24, 2.45) is 0 Å². The van der Waals surface area contributed by atoms with Crippen LogP contribution >= 0.6 is 0 Å². The van der Waals surface area contributed by atoms with Gasteiger partial charge in [-0.1, -0.05) is 383 Å². The maximum atomic E-state index is 9.23. The Hall–Kier alpha value is -14.4. The molecule has 0 aliphatic rings. The molecule has 9 heteroatoms. The Morgan fingerprint density at radius 2 is 0.500 bits per heavy atom. The fourth-order valence-electron chi connectivity index (χ4n) is 16.2. The number of para-hydroxylation sites is 5. The van der Waals surface area contributed by atoms with Gasteiger partial charge in [-0.2, -0.15) is 10.5 Å². The molecule has 0 radical (unpaired) electrons. The van der Waals surface area contributed by atoms with Gasteiger partial charge in [-0.05, 0) is 164 Å². The summed E-state index contributed by atoms with van der Waals surface area (Å²) in [5.41, 5.74) is 14.2. The van der Waals surface area contributed by atoms with E-state index in [-0.39, 0.29) is 0 Å². The maximum Gasteiger partial charge on any atom is 0.145 e. The molecule has 6 nitrogen and oxygen atoms in total. The first-order valence-corrected chi connectivity index (χ1v) is 48.1. The quantitative estimate of drug-likeness (QED) is 0.105. The fraction of sp³-hybridized carbons (Fsp3) is 0.0631. The minimum atomic E-state index is -2.08. The van der Waals surface area contributed by atoms with Gasteiger partial charge in [-0.15, -0.1) is 0 Å². The molecule has 21 rings (SSSR count). The molecular weight excluding hydrogens is 1510 g/mol. The van der Waals surface area contributed by atoms with Crippen molar-refractivity contribution >= 4 is 159 Å². The molecule has 0 saturated carbocycles. The van der Waals surface area contributed by atoms with Gasteiger partial charge < -0.3 is 17.7 Å². The SMILES string of the molecule is C[Si](c1ccccc1)(c1ccccc1)c1ccc(C#N)cc1.C[Si](c1ccccc1)(c1ccccc1)c1cccc(C#N)c1.C[Si](c1ccccc1)(c1ccccc1)c1ccccc1.Cc1ccc2c(c1)oc1ccccc12.Cc1ccc2oc3ccccc3c2c1.Cc1cccc2c1oc1ccccc12.Cc1cccc2oc3ccccc3c12. The number of nitrogens with zero attached hydrogens (tertiary/aromatic N) is 2. The smallest absolute Gasteiger partial charge is 0.145 e. The molecule has 0 aliphatic heterocycles. The van der Waals surface area contributed by atoms with Crippen LogP contribution in [0.2, 0.25) is 19.6 Å². The average molecular weight is 1600 g/mol. The van der Waals surface area contributed by atoms with E-state index in [1.165, 1.54) is 112 Å². The van der Waals surface area contributed by atoms with E-state index in [1.807, 2.05) is 121 Å². The molecule has 0 N–H and O–H groups in total. The zero-order chi connectivity index (χ0) is 82.8. The second-order valence-corrected chi connectivity index (χ2v) is 42.6. The number of rotatable bonds is 9. The zero-order valence-corrected chi connectivity index (χ0v) is 71.5. The van der Waals surface area contributed by atoms with Gasteiger partial charge in [0.05, 0.1) is 23.3 Å². The molecule has 0 fully saturated rings. The summed E-state index contributed by atoms with van der Waals surface area (Å²) in [6.07, 6.45) is 0. The fourth-order valence-corrected chi connectivity index (χ4v) is 26.9. The van der Waals surface area contributed by atoms with Gasteiger partial charge in [0.2, 0.25) is 0 Å². The summed E-state index contributed by atoms with van der Waals surface area (Å²) >= 11 is 0. The van der Waals surface area contributed by atoms with Crippen molar-refractivity contribution < 1.29 is 17.7 Å². The van der Waals surface area contributed by atoms with Crippen molar-refractivity contribution in [3.8, 4) is 12.1 Å². The van der Waals surface area contributed by atoms with E-state index in [4.69, 9.17) is 22.9 Å². The lowest BCUT2D eigenvalue weighted by atomic mass is 10.1. The van der Waals surface area contributed by atoms with Gasteiger partial charge in [0.1, 0.15) is 68.9 Å². The molecule has 120 heavy (non-hydrogen) atoms. The molecule has 4 heterocycles. The van der Waals surface area contributed by atoms with Crippen LogP contribution < -0.4 is 46.7 Å². The third-order valence-electron chi connectivity index (χ3n) is 22.9. The van der Waals surface area contributed by atoms with Gasteiger partial charge in [0.25, 0.3) is 0 Å². The van der Waals surface area contributed by atoms with Crippen LogP contribution in [0.15, 0.2) is 448 Å². The third kappa shape index (κ3) is 17.5. The van der Waals surface area contributed by atoms with E-state index in [9.17, 15) is 5.26 Å². The first-order valence-electron chi connectivity index (χ1n) is 40.6. The Morgan fingerprint density at radius 3 is 0.967 bits per heavy atom. The van der Waals surface area contributed by atoms with E-state index < -0.39 is 24.2 Å². The number of benzene rings is 17. The Bertz CT molecular complexity index is 6880. The maximum absolute atomic E-state index is 9.23. The Balaban J connectivity index is 0.000000110. The molecule has 4 aromatic heterocycles. The predicted molar refractivity (Wildman–Crippen MR) is 513 cm³/mol. The summed E-state index contributed by atoms with van der Waals surface area (Å²) in [4.78, 5) is 0. The van der Waals surface area contributed by atoms with Crippen LogP contribution in [0.4, 0.5) is 0 Å². The second-order valence-electron chi connectivity index (χ2n) is 30.6. The van der Waals surface area contributed by atoms with Crippen LogP contribution in [0.5, 0.6) is 0 Å². The highest BCUT2D eigenvalue weighted by atomic mass is 28.3. The summed E-state index contributed by atoms with van der Waals surface area (Å²) < 4.78 is 23.0. The van der Waals surface area contributed by atoms with Crippen LogP contribution in [0.25, 0.3) is 87.8 Å². The lowest BCUT2D eigenvalue weighted by Gasteiger charge is -2.29. The summed E-state index contributed by atoms with van der Waals surface area (Å²) in [6, 6.07) is 154. The first kappa shape index (κ1) is 80.7. The van der Waals surface area contributed by atoms with Crippen LogP contribution in [0.3, 0.4) is 0 Å². The highest BCUT2D eigenvalue weighted by Gasteiger charge is 2.36. The monoisotopic (exact) mass is 1600 g/mol. The molecule has 0 unspecified atom stereocenters. The number of hydrogen-bond acceptors (Lipinski definition) is 6. The lowest BCUT2D eigenvalue weighted by molar-refractivity contribution is 0.665. The second kappa shape index (κ2) is 37.2. The van der Waals surface area contributed by atoms with Crippen molar-refractivity contribution in [2.45, 2.75) is 47.3 Å². The minimum Gasteiger partial charge on any atom is -0.456 e. The Kier molecular flexibility index (Phi) is 25.1. The van der Waals surface area contributed by atoms with Crippen LogP contribution in [-0.4, -0.2) is 24.2 Å². The van der Waals surface area contributed by atoms with Crippen molar-refractivity contribution in [3.63, 3.8) is 0 Å². The number of furan rings is 4. The molecule has 0 amide bonds. The summed E-state index contributed by atoms with van der Waals surface area (Å²) in [7, 11) is -5.98. The first-order chi connectivity index (χ1) is 58.7. The van der Waals surface area contributed by atoms with Crippen molar-refractivity contribution in [2.75, 3.05) is 0 Å². The lowest BCUT2D eigenvalue weighted by Crippen LogP contribution is -2.64. The normalized spacial score (nSPS) is 11.1. The summed E-state index contributed by atoms with van der Waals surface area (Å²) in [5.74, 6) is 0. The number of nitriles is 2.